The van der Waals surface area contributed by atoms with E-state index >= 15 is 0 Å². The van der Waals surface area contributed by atoms with Crippen LogP contribution in [0.25, 0.3) is 0 Å². The SMILES string of the molecule is C=CN=C(/C=C\C)CCNS(=O)(=O)c1ccc(S(=O)(=O)N2CCOCC2)cc1. The molecule has 0 atom stereocenters. The van der Waals surface area contributed by atoms with Crippen LogP contribution in [0.2, 0.25) is 0 Å². The van der Waals surface area contributed by atoms with Crippen molar-refractivity contribution in [3.63, 3.8) is 0 Å². The van der Waals surface area contributed by atoms with E-state index in [0.29, 0.717) is 25.3 Å². The first-order valence-corrected chi connectivity index (χ1v) is 11.7. The Morgan fingerprint density at radius 2 is 1.79 bits per heavy atom. The van der Waals surface area contributed by atoms with Crippen molar-refractivity contribution in [3.8, 4) is 0 Å². The average Bonchev–Trinajstić information content (AvgIpc) is 2.69. The molecule has 0 spiro atoms. The van der Waals surface area contributed by atoms with Crippen molar-refractivity contribution >= 4 is 25.8 Å². The normalized spacial score (nSPS) is 17.1. The maximum absolute atomic E-state index is 12.6. The van der Waals surface area contributed by atoms with Crippen molar-refractivity contribution in [1.82, 2.24) is 9.03 Å². The van der Waals surface area contributed by atoms with Crippen molar-refractivity contribution < 1.29 is 21.6 Å². The number of benzene rings is 1. The first-order valence-electron chi connectivity index (χ1n) is 8.79. The summed E-state index contributed by atoms with van der Waals surface area (Å²) in [5.74, 6) is 0. The number of hydrogen-bond donors (Lipinski definition) is 1. The Labute approximate surface area is 166 Å². The Hall–Kier alpha value is -1.85. The van der Waals surface area contributed by atoms with Gasteiger partial charge in [0.2, 0.25) is 20.0 Å². The fourth-order valence-corrected chi connectivity index (χ4v) is 5.06. The first kappa shape index (κ1) is 22.4. The molecule has 0 radical (unpaired) electrons. The predicted molar refractivity (Wildman–Crippen MR) is 108 cm³/mol. The summed E-state index contributed by atoms with van der Waals surface area (Å²) in [6.07, 6.45) is 5.39. The van der Waals surface area contributed by atoms with E-state index in [1.807, 2.05) is 13.0 Å². The molecule has 0 aromatic heterocycles. The van der Waals surface area contributed by atoms with Gasteiger partial charge in [0.25, 0.3) is 0 Å². The van der Waals surface area contributed by atoms with Crippen LogP contribution < -0.4 is 4.72 Å². The third-order valence-electron chi connectivity index (χ3n) is 4.03. The van der Waals surface area contributed by atoms with E-state index in [1.54, 1.807) is 6.08 Å². The molecule has 0 saturated carbocycles. The van der Waals surface area contributed by atoms with Gasteiger partial charge >= 0.3 is 0 Å². The number of aliphatic imine (C=N–C) groups is 1. The summed E-state index contributed by atoms with van der Waals surface area (Å²) < 4.78 is 59.0. The summed E-state index contributed by atoms with van der Waals surface area (Å²) in [7, 11) is -7.42. The summed E-state index contributed by atoms with van der Waals surface area (Å²) in [5.41, 5.74) is 0.701. The van der Waals surface area contributed by atoms with Crippen molar-refractivity contribution in [2.45, 2.75) is 23.1 Å². The smallest absolute Gasteiger partial charge is 0.243 e. The van der Waals surface area contributed by atoms with E-state index < -0.39 is 20.0 Å². The van der Waals surface area contributed by atoms with Crippen LogP contribution in [-0.2, 0) is 24.8 Å². The highest BCUT2D eigenvalue weighted by Gasteiger charge is 2.26. The van der Waals surface area contributed by atoms with E-state index in [1.165, 1.54) is 34.8 Å². The van der Waals surface area contributed by atoms with Crippen LogP contribution in [0.15, 0.2) is 64.0 Å². The minimum Gasteiger partial charge on any atom is -0.379 e. The Balaban J connectivity index is 2.06. The van der Waals surface area contributed by atoms with Gasteiger partial charge in [0, 0.05) is 38.0 Å². The Bertz CT molecular complexity index is 930. The number of sulfonamides is 2. The molecule has 1 fully saturated rings. The number of hydrogen-bond acceptors (Lipinski definition) is 6. The number of nitrogens with zero attached hydrogens (tertiary/aromatic N) is 2. The van der Waals surface area contributed by atoms with E-state index in [4.69, 9.17) is 4.74 Å². The second kappa shape index (κ2) is 10.1. The second-order valence-corrected chi connectivity index (χ2v) is 9.64. The molecule has 1 N–H and O–H groups in total. The first-order chi connectivity index (χ1) is 13.3. The molecule has 0 bridgehead atoms. The van der Waals surface area contributed by atoms with Gasteiger partial charge in [0.05, 0.1) is 23.0 Å². The lowest BCUT2D eigenvalue weighted by atomic mass is 10.2. The average molecular weight is 428 g/mol. The molecule has 0 aliphatic carbocycles. The van der Waals surface area contributed by atoms with E-state index in [-0.39, 0.29) is 29.4 Å². The number of nitrogens with one attached hydrogen (secondary N) is 1. The number of morpholine rings is 1. The molecule has 1 saturated heterocycles. The molecule has 1 aromatic rings. The molecule has 1 aliphatic heterocycles. The van der Waals surface area contributed by atoms with Gasteiger partial charge in [-0.25, -0.2) is 21.6 Å². The lowest BCUT2D eigenvalue weighted by molar-refractivity contribution is 0.0730. The Kier molecular flexibility index (Phi) is 8.08. The number of ether oxygens (including phenoxy) is 1. The monoisotopic (exact) mass is 427 g/mol. The van der Waals surface area contributed by atoms with Crippen LogP contribution in [0.4, 0.5) is 0 Å². The molecule has 2 rings (SSSR count). The van der Waals surface area contributed by atoms with Crippen LogP contribution in [0, 0.1) is 0 Å². The highest BCUT2D eigenvalue weighted by atomic mass is 32.2. The number of rotatable bonds is 9. The zero-order valence-corrected chi connectivity index (χ0v) is 17.4. The molecule has 1 aliphatic rings. The third kappa shape index (κ3) is 5.82. The topological polar surface area (TPSA) is 105 Å². The number of allylic oxidation sites excluding steroid dienone is 2. The van der Waals surface area contributed by atoms with Crippen LogP contribution >= 0.6 is 0 Å². The van der Waals surface area contributed by atoms with Gasteiger partial charge in [-0.1, -0.05) is 12.7 Å². The molecule has 10 heteroatoms. The molecule has 8 nitrogen and oxygen atoms in total. The van der Waals surface area contributed by atoms with Crippen LogP contribution in [-0.4, -0.2) is 59.7 Å². The maximum Gasteiger partial charge on any atom is 0.243 e. The largest absolute Gasteiger partial charge is 0.379 e. The van der Waals surface area contributed by atoms with Gasteiger partial charge < -0.3 is 4.74 Å². The summed E-state index contributed by atoms with van der Waals surface area (Å²) in [6.45, 7) is 6.79. The summed E-state index contributed by atoms with van der Waals surface area (Å²) in [6, 6.07) is 5.20. The fourth-order valence-electron chi connectivity index (χ4n) is 2.62. The van der Waals surface area contributed by atoms with Gasteiger partial charge in [-0.05, 0) is 37.3 Å². The molecule has 0 amide bonds. The van der Waals surface area contributed by atoms with E-state index in [9.17, 15) is 16.8 Å². The van der Waals surface area contributed by atoms with Gasteiger partial charge in [-0.15, -0.1) is 0 Å². The predicted octanol–water partition coefficient (Wildman–Crippen LogP) is 1.54. The molecule has 28 heavy (non-hydrogen) atoms. The highest BCUT2D eigenvalue weighted by molar-refractivity contribution is 7.89. The van der Waals surface area contributed by atoms with Crippen LogP contribution in [0.1, 0.15) is 13.3 Å². The maximum atomic E-state index is 12.6. The lowest BCUT2D eigenvalue weighted by Gasteiger charge is -2.26. The zero-order chi connectivity index (χ0) is 20.6. The molecular formula is C18H25N3O5S2. The molecule has 0 unspecified atom stereocenters. The molecule has 154 valence electrons. The third-order valence-corrected chi connectivity index (χ3v) is 7.42. The summed E-state index contributed by atoms with van der Waals surface area (Å²) in [4.78, 5) is 4.13. The van der Waals surface area contributed by atoms with Crippen LogP contribution in [0.3, 0.4) is 0 Å². The second-order valence-electron chi connectivity index (χ2n) is 5.94. The van der Waals surface area contributed by atoms with Crippen molar-refractivity contribution in [3.05, 3.63) is 49.2 Å². The zero-order valence-electron chi connectivity index (χ0n) is 15.7. The quantitative estimate of drug-likeness (QED) is 0.602. The molecule has 1 aromatic carbocycles. The summed E-state index contributed by atoms with van der Waals surface area (Å²) >= 11 is 0. The minimum atomic E-state index is -3.76. The van der Waals surface area contributed by atoms with Gasteiger partial charge in [0.15, 0.2) is 0 Å². The lowest BCUT2D eigenvalue weighted by Crippen LogP contribution is -2.40. The van der Waals surface area contributed by atoms with Gasteiger partial charge in [-0.3, -0.25) is 4.99 Å². The van der Waals surface area contributed by atoms with Crippen molar-refractivity contribution in [2.75, 3.05) is 32.8 Å². The highest BCUT2D eigenvalue weighted by Crippen LogP contribution is 2.19. The minimum absolute atomic E-state index is 0.00155. The van der Waals surface area contributed by atoms with Gasteiger partial charge in [-0.2, -0.15) is 4.31 Å². The van der Waals surface area contributed by atoms with Crippen molar-refractivity contribution in [2.24, 2.45) is 4.99 Å². The van der Waals surface area contributed by atoms with E-state index in [2.05, 4.69) is 16.3 Å². The molecular weight excluding hydrogens is 402 g/mol. The fraction of sp³-hybridized carbons (Fsp3) is 0.389. The van der Waals surface area contributed by atoms with Crippen LogP contribution in [0.5, 0.6) is 0 Å². The Morgan fingerprint density at radius 1 is 1.18 bits per heavy atom. The van der Waals surface area contributed by atoms with Gasteiger partial charge in [0.1, 0.15) is 0 Å². The molecule has 1 heterocycles. The summed E-state index contributed by atoms with van der Waals surface area (Å²) in [5, 5.41) is 0. The van der Waals surface area contributed by atoms with Crippen molar-refractivity contribution in [1.29, 1.82) is 0 Å². The Morgan fingerprint density at radius 3 is 2.36 bits per heavy atom. The van der Waals surface area contributed by atoms with E-state index in [0.717, 1.165) is 0 Å². The standard InChI is InChI=1S/C18H25N3O5S2/c1-3-5-16(19-4-2)10-11-20-27(22,23)17-6-8-18(9-7-17)28(24,25)21-12-14-26-15-13-21/h3-9,20H,2,10-15H2,1H3/b5-3-,19-16?.